The van der Waals surface area contributed by atoms with Gasteiger partial charge in [0.1, 0.15) is 22.6 Å². The first-order chi connectivity index (χ1) is 11.5. The molecule has 0 saturated heterocycles. The van der Waals surface area contributed by atoms with E-state index in [4.69, 9.17) is 49.0 Å². The third-order valence-electron chi connectivity index (χ3n) is 2.69. The van der Waals surface area contributed by atoms with Gasteiger partial charge >= 0.3 is 0 Å². The standard InChI is InChI=1S/C16H17Cl3F2O3/c17-13-11-12(3-4-14(13)24-10-5-15(18)19)23-8-2-1-7-22-9-6-16(20)21/h3-6,11H,1-2,7-10H2. The van der Waals surface area contributed by atoms with Gasteiger partial charge in [-0.2, -0.15) is 8.78 Å². The Morgan fingerprint density at radius 3 is 2.42 bits per heavy atom. The van der Waals surface area contributed by atoms with E-state index < -0.39 is 6.08 Å². The minimum Gasteiger partial charge on any atom is -0.494 e. The quantitative estimate of drug-likeness (QED) is 0.426. The van der Waals surface area contributed by atoms with E-state index in [0.717, 1.165) is 12.5 Å². The van der Waals surface area contributed by atoms with E-state index in [1.54, 1.807) is 18.2 Å². The van der Waals surface area contributed by atoms with Crippen molar-refractivity contribution < 1.29 is 23.0 Å². The Balaban J connectivity index is 2.23. The second kappa shape index (κ2) is 12.4. The minimum absolute atomic E-state index is 0.0790. The van der Waals surface area contributed by atoms with Crippen LogP contribution in [0.5, 0.6) is 11.5 Å². The van der Waals surface area contributed by atoms with Crippen LogP contribution in [0.2, 0.25) is 5.02 Å². The number of benzene rings is 1. The average Bonchev–Trinajstić information content (AvgIpc) is 2.51. The van der Waals surface area contributed by atoms with Gasteiger partial charge in [-0.25, -0.2) is 0 Å². The fourth-order valence-electron chi connectivity index (χ4n) is 1.58. The Morgan fingerprint density at radius 2 is 1.75 bits per heavy atom. The molecule has 0 saturated carbocycles. The van der Waals surface area contributed by atoms with Gasteiger partial charge < -0.3 is 14.2 Å². The third kappa shape index (κ3) is 9.98. The van der Waals surface area contributed by atoms with E-state index in [2.05, 4.69) is 0 Å². The molecule has 3 nitrogen and oxygen atoms in total. The summed E-state index contributed by atoms with van der Waals surface area (Å²) >= 11 is 17.1. The lowest BCUT2D eigenvalue weighted by atomic mass is 10.3. The van der Waals surface area contributed by atoms with Crippen LogP contribution in [0.3, 0.4) is 0 Å². The molecule has 1 aromatic rings. The molecule has 0 heterocycles. The summed E-state index contributed by atoms with van der Waals surface area (Å²) in [4.78, 5) is 0. The topological polar surface area (TPSA) is 27.7 Å². The smallest absolute Gasteiger partial charge is 0.268 e. The first kappa shape index (κ1) is 21.0. The largest absolute Gasteiger partial charge is 0.494 e. The van der Waals surface area contributed by atoms with Crippen molar-refractivity contribution in [1.82, 2.24) is 0 Å². The van der Waals surface area contributed by atoms with Crippen molar-refractivity contribution in [1.29, 1.82) is 0 Å². The van der Waals surface area contributed by atoms with Crippen LogP contribution in [-0.2, 0) is 4.74 Å². The molecule has 0 aliphatic rings. The maximum Gasteiger partial charge on any atom is 0.268 e. The van der Waals surface area contributed by atoms with E-state index in [1.165, 1.54) is 6.08 Å². The van der Waals surface area contributed by atoms with Crippen molar-refractivity contribution >= 4 is 34.8 Å². The Labute approximate surface area is 154 Å². The summed E-state index contributed by atoms with van der Waals surface area (Å²) in [6.07, 6.45) is 1.95. The van der Waals surface area contributed by atoms with Crippen molar-refractivity contribution in [3.63, 3.8) is 0 Å². The van der Waals surface area contributed by atoms with Crippen LogP contribution in [0.15, 0.2) is 40.9 Å². The monoisotopic (exact) mass is 400 g/mol. The van der Waals surface area contributed by atoms with E-state index in [0.29, 0.717) is 36.2 Å². The van der Waals surface area contributed by atoms with E-state index in [9.17, 15) is 8.78 Å². The first-order valence-electron chi connectivity index (χ1n) is 7.14. The molecule has 0 radical (unpaired) electrons. The van der Waals surface area contributed by atoms with Crippen molar-refractivity contribution in [3.8, 4) is 11.5 Å². The summed E-state index contributed by atoms with van der Waals surface area (Å²) in [5.74, 6) is 1.11. The van der Waals surface area contributed by atoms with Crippen LogP contribution >= 0.6 is 34.8 Å². The zero-order valence-electron chi connectivity index (χ0n) is 12.7. The predicted octanol–water partition coefficient (Wildman–Crippen LogP) is 5.99. The highest BCUT2D eigenvalue weighted by Gasteiger charge is 2.04. The fourth-order valence-corrected chi connectivity index (χ4v) is 1.94. The van der Waals surface area contributed by atoms with Crippen LogP contribution in [0, 0.1) is 0 Å². The lowest BCUT2D eigenvalue weighted by Gasteiger charge is -2.09. The van der Waals surface area contributed by atoms with Gasteiger partial charge in [-0.05, 0) is 31.1 Å². The second-order valence-corrected chi connectivity index (χ2v) is 5.94. The second-order valence-electron chi connectivity index (χ2n) is 4.52. The number of ether oxygens (including phenoxy) is 3. The molecule has 1 rings (SSSR count). The molecule has 0 amide bonds. The van der Waals surface area contributed by atoms with Gasteiger partial charge in [-0.1, -0.05) is 34.8 Å². The molecule has 8 heteroatoms. The molecule has 1 aromatic carbocycles. The SMILES string of the molecule is FC(F)=CCOCCCCOc1ccc(OCC=C(Cl)Cl)c(Cl)c1. The Bertz CT molecular complexity index is 557. The van der Waals surface area contributed by atoms with Crippen molar-refractivity contribution in [2.75, 3.05) is 26.4 Å². The number of hydrogen-bond acceptors (Lipinski definition) is 3. The van der Waals surface area contributed by atoms with Crippen LogP contribution in [0.1, 0.15) is 12.8 Å². The third-order valence-corrected chi connectivity index (χ3v) is 3.29. The van der Waals surface area contributed by atoms with E-state index in [-0.39, 0.29) is 17.7 Å². The summed E-state index contributed by atoms with van der Waals surface area (Å²) in [5, 5.41) is 0.412. The summed E-state index contributed by atoms with van der Waals surface area (Å²) in [5.41, 5.74) is 0. The Kier molecular flexibility index (Phi) is 10.8. The molecular formula is C16H17Cl3F2O3. The zero-order valence-corrected chi connectivity index (χ0v) is 15.0. The van der Waals surface area contributed by atoms with Crippen molar-refractivity contribution in [3.05, 3.63) is 45.9 Å². The highest BCUT2D eigenvalue weighted by Crippen LogP contribution is 2.29. The van der Waals surface area contributed by atoms with Crippen molar-refractivity contribution in [2.45, 2.75) is 12.8 Å². The molecule has 0 spiro atoms. The Hall–Kier alpha value is -1.01. The van der Waals surface area contributed by atoms with Gasteiger partial charge in [0, 0.05) is 18.7 Å². The van der Waals surface area contributed by atoms with Crippen LogP contribution in [0.25, 0.3) is 0 Å². The summed E-state index contributed by atoms with van der Waals surface area (Å²) in [6, 6.07) is 5.07. The van der Waals surface area contributed by atoms with Gasteiger partial charge in [-0.15, -0.1) is 0 Å². The van der Waals surface area contributed by atoms with Gasteiger partial charge in [0.2, 0.25) is 0 Å². The number of rotatable bonds is 11. The Morgan fingerprint density at radius 1 is 1.00 bits per heavy atom. The maximum atomic E-state index is 11.7. The molecule has 24 heavy (non-hydrogen) atoms. The van der Waals surface area contributed by atoms with Gasteiger partial charge in [0.25, 0.3) is 6.08 Å². The van der Waals surface area contributed by atoms with Crippen LogP contribution < -0.4 is 9.47 Å². The highest BCUT2D eigenvalue weighted by atomic mass is 35.5. The highest BCUT2D eigenvalue weighted by molar-refractivity contribution is 6.55. The fraction of sp³-hybridized carbons (Fsp3) is 0.375. The van der Waals surface area contributed by atoms with Gasteiger partial charge in [-0.3, -0.25) is 0 Å². The average molecular weight is 402 g/mol. The number of halogens is 5. The number of hydrogen-bond donors (Lipinski definition) is 0. The summed E-state index contributed by atoms with van der Waals surface area (Å²) in [7, 11) is 0. The van der Waals surface area contributed by atoms with Crippen LogP contribution in [0.4, 0.5) is 8.78 Å². The first-order valence-corrected chi connectivity index (χ1v) is 8.27. The normalized spacial score (nSPS) is 10.2. The molecular weight excluding hydrogens is 385 g/mol. The van der Waals surface area contributed by atoms with Crippen molar-refractivity contribution in [2.24, 2.45) is 0 Å². The number of unbranched alkanes of at least 4 members (excludes halogenated alkanes) is 1. The summed E-state index contributed by atoms with van der Waals surface area (Å²) < 4.78 is 39.6. The molecule has 0 bridgehead atoms. The van der Waals surface area contributed by atoms with E-state index >= 15 is 0 Å². The molecule has 0 aliphatic heterocycles. The summed E-state index contributed by atoms with van der Waals surface area (Å²) in [6.45, 7) is 1.00. The van der Waals surface area contributed by atoms with Gasteiger partial charge in [0.15, 0.2) is 0 Å². The van der Waals surface area contributed by atoms with Crippen LogP contribution in [-0.4, -0.2) is 26.4 Å². The van der Waals surface area contributed by atoms with Gasteiger partial charge in [0.05, 0.1) is 18.2 Å². The predicted molar refractivity (Wildman–Crippen MR) is 92.6 cm³/mol. The molecule has 0 fully saturated rings. The molecule has 0 aromatic heterocycles. The molecule has 0 atom stereocenters. The molecule has 0 aliphatic carbocycles. The molecule has 0 unspecified atom stereocenters. The van der Waals surface area contributed by atoms with E-state index in [1.807, 2.05) is 0 Å². The molecule has 0 N–H and O–H groups in total. The lowest BCUT2D eigenvalue weighted by Crippen LogP contribution is -2.01. The molecule has 134 valence electrons. The lowest BCUT2D eigenvalue weighted by molar-refractivity contribution is 0.149. The maximum absolute atomic E-state index is 11.7. The zero-order chi connectivity index (χ0) is 17.8. The minimum atomic E-state index is -1.73.